The molecule has 1 rings (SSSR count). The zero-order chi connectivity index (χ0) is 13.7. The SMILES string of the molecule is CC(CNC(=O)c1cc(F)cc(F)c1)/C(N)=N/O. The predicted octanol–water partition coefficient (Wildman–Crippen LogP) is 1.08. The van der Waals surface area contributed by atoms with Crippen molar-refractivity contribution in [2.24, 2.45) is 16.8 Å². The van der Waals surface area contributed by atoms with E-state index in [1.807, 2.05) is 0 Å². The molecule has 4 N–H and O–H groups in total. The number of benzene rings is 1. The average Bonchev–Trinajstić information content (AvgIpc) is 2.33. The molecule has 98 valence electrons. The summed E-state index contributed by atoms with van der Waals surface area (Å²) < 4.78 is 25.8. The molecule has 1 aromatic carbocycles. The van der Waals surface area contributed by atoms with Crippen LogP contribution in [0.25, 0.3) is 0 Å². The van der Waals surface area contributed by atoms with E-state index in [-0.39, 0.29) is 17.9 Å². The summed E-state index contributed by atoms with van der Waals surface area (Å²) in [6.07, 6.45) is 0. The number of nitrogens with zero attached hydrogens (tertiary/aromatic N) is 1. The van der Waals surface area contributed by atoms with Gasteiger partial charge in [0.2, 0.25) is 0 Å². The minimum Gasteiger partial charge on any atom is -0.409 e. The lowest BCUT2D eigenvalue weighted by Crippen LogP contribution is -2.34. The van der Waals surface area contributed by atoms with Gasteiger partial charge >= 0.3 is 0 Å². The van der Waals surface area contributed by atoms with Gasteiger partial charge in [0.05, 0.1) is 0 Å². The number of amidine groups is 1. The fourth-order valence-corrected chi connectivity index (χ4v) is 1.24. The van der Waals surface area contributed by atoms with E-state index in [1.54, 1.807) is 6.92 Å². The lowest BCUT2D eigenvalue weighted by molar-refractivity contribution is 0.0950. The van der Waals surface area contributed by atoms with Gasteiger partial charge in [0.25, 0.3) is 5.91 Å². The Morgan fingerprint density at radius 3 is 2.50 bits per heavy atom. The molecule has 5 nitrogen and oxygen atoms in total. The molecule has 0 radical (unpaired) electrons. The zero-order valence-corrected chi connectivity index (χ0v) is 9.65. The molecule has 0 saturated carbocycles. The summed E-state index contributed by atoms with van der Waals surface area (Å²) in [4.78, 5) is 11.6. The summed E-state index contributed by atoms with van der Waals surface area (Å²) in [5.74, 6) is -2.72. The minimum atomic E-state index is -0.829. The lowest BCUT2D eigenvalue weighted by atomic mass is 10.1. The fourth-order valence-electron chi connectivity index (χ4n) is 1.24. The van der Waals surface area contributed by atoms with Gasteiger partial charge in [-0.25, -0.2) is 8.78 Å². The molecule has 0 aliphatic carbocycles. The van der Waals surface area contributed by atoms with Crippen LogP contribution in [0.4, 0.5) is 8.78 Å². The van der Waals surface area contributed by atoms with Gasteiger partial charge in [-0.15, -0.1) is 0 Å². The molecule has 1 atom stereocenters. The number of amides is 1. The maximum absolute atomic E-state index is 12.9. The van der Waals surface area contributed by atoms with Crippen LogP contribution in [0, 0.1) is 17.6 Å². The topological polar surface area (TPSA) is 87.7 Å². The van der Waals surface area contributed by atoms with Gasteiger partial charge in [-0.1, -0.05) is 12.1 Å². The summed E-state index contributed by atoms with van der Waals surface area (Å²) in [6, 6.07) is 2.52. The number of carbonyl (C=O) groups is 1. The van der Waals surface area contributed by atoms with E-state index < -0.39 is 23.5 Å². The standard InChI is InChI=1S/C11H13F2N3O2/c1-6(10(14)16-18)5-15-11(17)7-2-8(12)4-9(13)3-7/h2-4,6,18H,5H2,1H3,(H2,14,16)(H,15,17). The molecule has 0 aliphatic rings. The minimum absolute atomic E-state index is 0.0410. The largest absolute Gasteiger partial charge is 0.409 e. The number of oxime groups is 1. The number of halogens is 2. The van der Waals surface area contributed by atoms with Crippen LogP contribution >= 0.6 is 0 Å². The molecule has 18 heavy (non-hydrogen) atoms. The van der Waals surface area contributed by atoms with Gasteiger partial charge < -0.3 is 16.3 Å². The summed E-state index contributed by atoms with van der Waals surface area (Å²) in [6.45, 7) is 1.72. The summed E-state index contributed by atoms with van der Waals surface area (Å²) in [5, 5.41) is 13.6. The van der Waals surface area contributed by atoms with E-state index in [0.29, 0.717) is 6.07 Å². The first-order valence-corrected chi connectivity index (χ1v) is 5.15. The third kappa shape index (κ3) is 3.69. The highest BCUT2D eigenvalue weighted by Gasteiger charge is 2.12. The number of rotatable bonds is 4. The van der Waals surface area contributed by atoms with E-state index in [2.05, 4.69) is 10.5 Å². The Bertz CT molecular complexity index is 457. The Morgan fingerprint density at radius 2 is 2.00 bits per heavy atom. The number of hydrogen-bond acceptors (Lipinski definition) is 3. The van der Waals surface area contributed by atoms with Crippen molar-refractivity contribution in [1.82, 2.24) is 5.32 Å². The molecule has 0 heterocycles. The normalized spacial score (nSPS) is 13.2. The van der Waals surface area contributed by atoms with E-state index >= 15 is 0 Å². The first-order chi connectivity index (χ1) is 8.43. The third-order valence-corrected chi connectivity index (χ3v) is 2.31. The van der Waals surface area contributed by atoms with Crippen LogP contribution in [-0.2, 0) is 0 Å². The second kappa shape index (κ2) is 5.95. The predicted molar refractivity (Wildman–Crippen MR) is 61.3 cm³/mol. The van der Waals surface area contributed by atoms with E-state index in [9.17, 15) is 13.6 Å². The Hall–Kier alpha value is -2.18. The van der Waals surface area contributed by atoms with Crippen LogP contribution in [0.15, 0.2) is 23.4 Å². The van der Waals surface area contributed by atoms with Gasteiger partial charge in [0.1, 0.15) is 17.5 Å². The summed E-state index contributed by atoms with van der Waals surface area (Å²) in [7, 11) is 0. The molecular formula is C11H13F2N3O2. The molecule has 0 spiro atoms. The van der Waals surface area contributed by atoms with Gasteiger partial charge in [-0.2, -0.15) is 0 Å². The number of hydrogen-bond donors (Lipinski definition) is 3. The van der Waals surface area contributed by atoms with Crippen LogP contribution in [0.5, 0.6) is 0 Å². The van der Waals surface area contributed by atoms with E-state index in [4.69, 9.17) is 10.9 Å². The van der Waals surface area contributed by atoms with Crippen LogP contribution in [-0.4, -0.2) is 23.5 Å². The Balaban J connectivity index is 2.66. The number of nitrogens with two attached hydrogens (primary N) is 1. The molecule has 1 amide bonds. The molecule has 0 aromatic heterocycles. The maximum atomic E-state index is 12.9. The molecule has 1 unspecified atom stereocenters. The summed E-state index contributed by atoms with van der Waals surface area (Å²) >= 11 is 0. The highest BCUT2D eigenvalue weighted by molar-refractivity contribution is 5.94. The van der Waals surface area contributed by atoms with Crippen LogP contribution in [0.1, 0.15) is 17.3 Å². The Kier molecular flexibility index (Phi) is 4.59. The third-order valence-electron chi connectivity index (χ3n) is 2.31. The molecule has 0 bridgehead atoms. The molecule has 1 aromatic rings. The van der Waals surface area contributed by atoms with Crippen LogP contribution in [0.2, 0.25) is 0 Å². The van der Waals surface area contributed by atoms with E-state index in [0.717, 1.165) is 12.1 Å². The molecule has 7 heteroatoms. The summed E-state index contributed by atoms with van der Waals surface area (Å²) in [5.41, 5.74) is 5.19. The van der Waals surface area contributed by atoms with Crippen molar-refractivity contribution >= 4 is 11.7 Å². The Morgan fingerprint density at radius 1 is 1.44 bits per heavy atom. The van der Waals surface area contributed by atoms with Crippen molar-refractivity contribution in [3.05, 3.63) is 35.4 Å². The van der Waals surface area contributed by atoms with Gasteiger partial charge in [0, 0.05) is 24.1 Å². The van der Waals surface area contributed by atoms with Crippen LogP contribution < -0.4 is 11.1 Å². The molecule has 0 aliphatic heterocycles. The average molecular weight is 257 g/mol. The molecule has 0 saturated heterocycles. The highest BCUT2D eigenvalue weighted by atomic mass is 19.1. The van der Waals surface area contributed by atoms with Gasteiger partial charge in [-0.3, -0.25) is 4.79 Å². The van der Waals surface area contributed by atoms with Gasteiger partial charge in [0.15, 0.2) is 0 Å². The van der Waals surface area contributed by atoms with Crippen molar-refractivity contribution in [2.45, 2.75) is 6.92 Å². The number of nitrogens with one attached hydrogen (secondary N) is 1. The number of carbonyl (C=O) groups excluding carboxylic acids is 1. The second-order valence-electron chi connectivity index (χ2n) is 3.79. The molecule has 0 fully saturated rings. The zero-order valence-electron chi connectivity index (χ0n) is 9.65. The Labute approximate surface area is 102 Å². The van der Waals surface area contributed by atoms with Crippen molar-refractivity contribution in [3.63, 3.8) is 0 Å². The monoisotopic (exact) mass is 257 g/mol. The van der Waals surface area contributed by atoms with Crippen molar-refractivity contribution in [2.75, 3.05) is 6.54 Å². The lowest BCUT2D eigenvalue weighted by Gasteiger charge is -2.11. The quantitative estimate of drug-likeness (QED) is 0.326. The maximum Gasteiger partial charge on any atom is 0.251 e. The first-order valence-electron chi connectivity index (χ1n) is 5.15. The second-order valence-corrected chi connectivity index (χ2v) is 3.79. The van der Waals surface area contributed by atoms with Gasteiger partial charge in [-0.05, 0) is 12.1 Å². The van der Waals surface area contributed by atoms with Crippen molar-refractivity contribution < 1.29 is 18.8 Å². The fraction of sp³-hybridized carbons (Fsp3) is 0.273. The molecular weight excluding hydrogens is 244 g/mol. The first kappa shape index (κ1) is 13.9. The van der Waals surface area contributed by atoms with Crippen molar-refractivity contribution in [3.8, 4) is 0 Å². The van der Waals surface area contributed by atoms with Crippen molar-refractivity contribution in [1.29, 1.82) is 0 Å². The van der Waals surface area contributed by atoms with Crippen LogP contribution in [0.3, 0.4) is 0 Å². The van der Waals surface area contributed by atoms with E-state index in [1.165, 1.54) is 0 Å². The smallest absolute Gasteiger partial charge is 0.251 e. The highest BCUT2D eigenvalue weighted by Crippen LogP contribution is 2.08.